The lowest BCUT2D eigenvalue weighted by molar-refractivity contribution is 0.913. The van der Waals surface area contributed by atoms with E-state index < -0.39 is 0 Å². The number of fused-ring (bicyclic) bond motifs is 2. The van der Waals surface area contributed by atoms with E-state index in [1.807, 2.05) is 13.8 Å². The molecule has 0 aromatic heterocycles. The molecule has 0 heterocycles. The van der Waals surface area contributed by atoms with Gasteiger partial charge >= 0.3 is 0 Å². The smallest absolute Gasteiger partial charge is 0.00664 e. The third-order valence-electron chi connectivity index (χ3n) is 3.71. The second-order valence-corrected chi connectivity index (χ2v) is 4.62. The highest BCUT2D eigenvalue weighted by molar-refractivity contribution is 5.44. The average Bonchev–Trinajstić information content (AvgIpc) is 2.60. The van der Waals surface area contributed by atoms with Gasteiger partial charge in [-0.05, 0) is 35.1 Å². The molecular weight excluding hydrogens is 216 g/mol. The molecule has 0 fully saturated rings. The van der Waals surface area contributed by atoms with Gasteiger partial charge in [0.05, 0.1) is 0 Å². The summed E-state index contributed by atoms with van der Waals surface area (Å²) in [5.74, 6) is 0.537. The Morgan fingerprint density at radius 1 is 0.722 bits per heavy atom. The quantitative estimate of drug-likeness (QED) is 0.608. The van der Waals surface area contributed by atoms with Crippen molar-refractivity contribution in [2.45, 2.75) is 39.5 Å². The van der Waals surface area contributed by atoms with Gasteiger partial charge in [-0.25, -0.2) is 0 Å². The first kappa shape index (κ1) is 12.9. The summed E-state index contributed by atoms with van der Waals surface area (Å²) in [6.07, 6.45) is 2.36. The van der Waals surface area contributed by atoms with Crippen LogP contribution in [0.2, 0.25) is 0 Å². The summed E-state index contributed by atoms with van der Waals surface area (Å²) in [6, 6.07) is 17.7. The monoisotopic (exact) mass is 238 g/mol. The largest absolute Gasteiger partial charge is 0.0683 e. The van der Waals surface area contributed by atoms with Gasteiger partial charge in [-0.2, -0.15) is 0 Å². The fourth-order valence-electron chi connectivity index (χ4n) is 2.81. The first-order valence-electron chi connectivity index (χ1n) is 7.02. The molecule has 2 aromatic rings. The highest BCUT2D eigenvalue weighted by Crippen LogP contribution is 2.33. The molecular formula is C18H22. The zero-order valence-corrected chi connectivity index (χ0v) is 11.6. The van der Waals surface area contributed by atoms with Gasteiger partial charge in [-0.3, -0.25) is 0 Å². The summed E-state index contributed by atoms with van der Waals surface area (Å²) in [5.41, 5.74) is 6.05. The molecule has 0 unspecified atom stereocenters. The van der Waals surface area contributed by atoms with Gasteiger partial charge in [0, 0.05) is 5.92 Å². The predicted molar refractivity (Wildman–Crippen MR) is 79.2 cm³/mol. The van der Waals surface area contributed by atoms with Crippen LogP contribution in [0, 0.1) is 0 Å². The highest BCUT2D eigenvalue weighted by Gasteiger charge is 2.18. The van der Waals surface area contributed by atoms with Crippen molar-refractivity contribution in [2.24, 2.45) is 0 Å². The van der Waals surface area contributed by atoms with E-state index in [1.54, 1.807) is 0 Å². The van der Waals surface area contributed by atoms with Crippen LogP contribution in [-0.4, -0.2) is 0 Å². The standard InChI is InChI=1S/C16H16.C2H6/c1-12-15-8-4-2-6-13(15)10-11-14-7-3-5-9-16(12)14;1-2/h2-9,12H,10-11H2,1H3;1-2H3. The fraction of sp³-hybridized carbons (Fsp3) is 0.333. The molecule has 0 aliphatic heterocycles. The minimum Gasteiger partial charge on any atom is -0.0683 e. The normalized spacial score (nSPS) is 13.7. The van der Waals surface area contributed by atoms with Gasteiger partial charge in [0.1, 0.15) is 0 Å². The molecule has 1 aliphatic rings. The molecule has 0 saturated carbocycles. The van der Waals surface area contributed by atoms with Gasteiger partial charge in [0.15, 0.2) is 0 Å². The van der Waals surface area contributed by atoms with Crippen molar-refractivity contribution < 1.29 is 0 Å². The maximum Gasteiger partial charge on any atom is 0.00664 e. The van der Waals surface area contributed by atoms with Gasteiger partial charge in [0.2, 0.25) is 0 Å². The molecule has 0 radical (unpaired) electrons. The van der Waals surface area contributed by atoms with Gasteiger partial charge in [0.25, 0.3) is 0 Å². The molecule has 0 spiro atoms. The Kier molecular flexibility index (Phi) is 4.19. The van der Waals surface area contributed by atoms with Crippen molar-refractivity contribution in [3.63, 3.8) is 0 Å². The molecule has 94 valence electrons. The Morgan fingerprint density at radius 3 is 1.56 bits per heavy atom. The first-order valence-corrected chi connectivity index (χ1v) is 7.02. The topological polar surface area (TPSA) is 0 Å². The Bertz CT molecular complexity index is 463. The van der Waals surface area contributed by atoms with Crippen LogP contribution in [0.4, 0.5) is 0 Å². The Labute approximate surface area is 111 Å². The van der Waals surface area contributed by atoms with Crippen molar-refractivity contribution in [1.29, 1.82) is 0 Å². The van der Waals surface area contributed by atoms with E-state index in [2.05, 4.69) is 55.5 Å². The molecule has 2 aromatic carbocycles. The summed E-state index contributed by atoms with van der Waals surface area (Å²) in [4.78, 5) is 0. The van der Waals surface area contributed by atoms with Crippen LogP contribution in [0.25, 0.3) is 0 Å². The molecule has 3 rings (SSSR count). The molecule has 18 heavy (non-hydrogen) atoms. The molecule has 0 saturated heterocycles. The van der Waals surface area contributed by atoms with E-state index in [4.69, 9.17) is 0 Å². The minimum atomic E-state index is 0.537. The number of hydrogen-bond donors (Lipinski definition) is 0. The van der Waals surface area contributed by atoms with Crippen molar-refractivity contribution in [3.05, 3.63) is 70.8 Å². The molecule has 0 amide bonds. The number of benzene rings is 2. The van der Waals surface area contributed by atoms with E-state index >= 15 is 0 Å². The number of hydrogen-bond acceptors (Lipinski definition) is 0. The zero-order chi connectivity index (χ0) is 13.0. The van der Waals surface area contributed by atoms with Crippen molar-refractivity contribution in [2.75, 3.05) is 0 Å². The Balaban J connectivity index is 0.000000574. The summed E-state index contributed by atoms with van der Waals surface area (Å²) < 4.78 is 0. The lowest BCUT2D eigenvalue weighted by Crippen LogP contribution is -1.98. The van der Waals surface area contributed by atoms with Crippen LogP contribution in [0.3, 0.4) is 0 Å². The van der Waals surface area contributed by atoms with Crippen molar-refractivity contribution in [1.82, 2.24) is 0 Å². The third-order valence-corrected chi connectivity index (χ3v) is 3.71. The molecule has 0 atom stereocenters. The summed E-state index contributed by atoms with van der Waals surface area (Å²) >= 11 is 0. The molecule has 0 nitrogen and oxygen atoms in total. The van der Waals surface area contributed by atoms with Crippen molar-refractivity contribution >= 4 is 0 Å². The Hall–Kier alpha value is -1.56. The summed E-state index contributed by atoms with van der Waals surface area (Å²) in [5, 5.41) is 0. The second kappa shape index (κ2) is 5.86. The minimum absolute atomic E-state index is 0.537. The molecule has 1 aliphatic carbocycles. The van der Waals surface area contributed by atoms with Gasteiger partial charge < -0.3 is 0 Å². The SMILES string of the molecule is CC.CC1c2ccccc2CCc2ccccc21. The molecule has 0 heteroatoms. The molecule has 0 bridgehead atoms. The van der Waals surface area contributed by atoms with Crippen LogP contribution in [0.15, 0.2) is 48.5 Å². The fourth-order valence-corrected chi connectivity index (χ4v) is 2.81. The van der Waals surface area contributed by atoms with Gasteiger partial charge in [-0.15, -0.1) is 0 Å². The van der Waals surface area contributed by atoms with Crippen LogP contribution >= 0.6 is 0 Å². The van der Waals surface area contributed by atoms with Crippen LogP contribution < -0.4 is 0 Å². The summed E-state index contributed by atoms with van der Waals surface area (Å²) in [6.45, 7) is 6.32. The van der Waals surface area contributed by atoms with E-state index in [1.165, 1.54) is 35.1 Å². The number of aryl methyl sites for hydroxylation is 2. The van der Waals surface area contributed by atoms with Crippen LogP contribution in [0.1, 0.15) is 48.9 Å². The first-order chi connectivity index (χ1) is 8.86. The lowest BCUT2D eigenvalue weighted by atomic mass is 9.90. The number of rotatable bonds is 0. The highest BCUT2D eigenvalue weighted by atomic mass is 14.2. The molecule has 0 N–H and O–H groups in total. The van der Waals surface area contributed by atoms with Crippen molar-refractivity contribution in [3.8, 4) is 0 Å². The maximum absolute atomic E-state index is 2.32. The predicted octanol–water partition coefficient (Wildman–Crippen LogP) is 4.96. The van der Waals surface area contributed by atoms with Gasteiger partial charge in [-0.1, -0.05) is 69.3 Å². The third kappa shape index (κ3) is 2.33. The lowest BCUT2D eigenvalue weighted by Gasteiger charge is -2.14. The maximum atomic E-state index is 2.32. The Morgan fingerprint density at radius 2 is 1.11 bits per heavy atom. The van der Waals surface area contributed by atoms with Crippen LogP contribution in [0.5, 0.6) is 0 Å². The zero-order valence-electron chi connectivity index (χ0n) is 11.6. The second-order valence-electron chi connectivity index (χ2n) is 4.62. The van der Waals surface area contributed by atoms with E-state index in [9.17, 15) is 0 Å². The van der Waals surface area contributed by atoms with E-state index in [0.29, 0.717) is 5.92 Å². The van der Waals surface area contributed by atoms with E-state index in [0.717, 1.165) is 0 Å². The average molecular weight is 238 g/mol. The summed E-state index contributed by atoms with van der Waals surface area (Å²) in [7, 11) is 0. The van der Waals surface area contributed by atoms with Crippen LogP contribution in [-0.2, 0) is 12.8 Å². The van der Waals surface area contributed by atoms with E-state index in [-0.39, 0.29) is 0 Å².